The molecule has 1 aliphatic rings. The lowest BCUT2D eigenvalue weighted by Gasteiger charge is -2.30. The molecule has 3 rings (SSSR count). The van der Waals surface area contributed by atoms with Gasteiger partial charge < -0.3 is 5.32 Å². The number of pyridine rings is 1. The molecule has 1 unspecified atom stereocenters. The number of hydrogen-bond acceptors (Lipinski definition) is 2. The summed E-state index contributed by atoms with van der Waals surface area (Å²) in [6.07, 6.45) is 5.91. The van der Waals surface area contributed by atoms with Gasteiger partial charge in [0.25, 0.3) is 0 Å². The summed E-state index contributed by atoms with van der Waals surface area (Å²) >= 11 is 0. The highest BCUT2D eigenvalue weighted by molar-refractivity contribution is 5.38. The van der Waals surface area contributed by atoms with Crippen molar-refractivity contribution in [3.05, 3.63) is 65.5 Å². The lowest BCUT2D eigenvalue weighted by atomic mass is 9.77. The summed E-state index contributed by atoms with van der Waals surface area (Å²) in [4.78, 5) is 4.56. The first kappa shape index (κ1) is 13.3. The zero-order chi connectivity index (χ0) is 13.8. The third-order valence-corrected chi connectivity index (χ3v) is 4.24. The van der Waals surface area contributed by atoms with Crippen LogP contribution in [0.4, 0.5) is 0 Å². The summed E-state index contributed by atoms with van der Waals surface area (Å²) in [6.45, 7) is 3.10. The Morgan fingerprint density at radius 1 is 1.15 bits per heavy atom. The highest BCUT2D eigenvalue weighted by Crippen LogP contribution is 2.40. The molecular weight excluding hydrogens is 244 g/mol. The minimum atomic E-state index is 0.206. The standard InChI is InChI=1S/C18H22N2/c1-2-19-18(17-12-5-6-13-20-17)16-11-4-3-10-15(16)14-8-7-9-14/h3-6,10-14,18-19H,2,7-9H2,1H3. The molecule has 2 aromatic rings. The number of rotatable bonds is 5. The minimum absolute atomic E-state index is 0.206. The van der Waals surface area contributed by atoms with Gasteiger partial charge in [-0.05, 0) is 48.6 Å². The van der Waals surface area contributed by atoms with Crippen LogP contribution in [0.5, 0.6) is 0 Å². The highest BCUT2D eigenvalue weighted by Gasteiger charge is 2.25. The number of benzene rings is 1. The number of hydrogen-bond donors (Lipinski definition) is 1. The molecule has 2 heteroatoms. The second-order valence-corrected chi connectivity index (χ2v) is 5.50. The summed E-state index contributed by atoms with van der Waals surface area (Å²) in [6, 6.07) is 15.2. The Kier molecular flexibility index (Phi) is 4.12. The summed E-state index contributed by atoms with van der Waals surface area (Å²) in [5.41, 5.74) is 4.02. The van der Waals surface area contributed by atoms with E-state index in [0.29, 0.717) is 0 Å². The molecule has 0 amide bonds. The van der Waals surface area contributed by atoms with Crippen LogP contribution in [0.25, 0.3) is 0 Å². The molecule has 1 fully saturated rings. The largest absolute Gasteiger partial charge is 0.305 e. The third-order valence-electron chi connectivity index (χ3n) is 4.24. The molecule has 1 aromatic carbocycles. The maximum Gasteiger partial charge on any atom is 0.0754 e. The topological polar surface area (TPSA) is 24.9 Å². The molecule has 0 radical (unpaired) electrons. The summed E-state index contributed by atoms with van der Waals surface area (Å²) in [5, 5.41) is 3.60. The van der Waals surface area contributed by atoms with E-state index in [1.165, 1.54) is 30.4 Å². The van der Waals surface area contributed by atoms with Crippen LogP contribution in [-0.4, -0.2) is 11.5 Å². The zero-order valence-corrected chi connectivity index (χ0v) is 12.0. The fraction of sp³-hybridized carbons (Fsp3) is 0.389. The molecule has 104 valence electrons. The predicted octanol–water partition coefficient (Wildman–Crippen LogP) is 4.05. The second kappa shape index (κ2) is 6.19. The van der Waals surface area contributed by atoms with E-state index in [4.69, 9.17) is 0 Å². The molecule has 0 saturated heterocycles. The first-order valence-electron chi connectivity index (χ1n) is 7.63. The van der Waals surface area contributed by atoms with Crippen LogP contribution in [0.3, 0.4) is 0 Å². The maximum atomic E-state index is 4.56. The lowest BCUT2D eigenvalue weighted by molar-refractivity contribution is 0.414. The average Bonchev–Trinajstić information content (AvgIpc) is 2.45. The average molecular weight is 266 g/mol. The zero-order valence-electron chi connectivity index (χ0n) is 12.0. The second-order valence-electron chi connectivity index (χ2n) is 5.50. The Bertz CT molecular complexity index is 546. The molecular formula is C18H22N2. The summed E-state index contributed by atoms with van der Waals surface area (Å²) in [7, 11) is 0. The van der Waals surface area contributed by atoms with Crippen molar-refractivity contribution >= 4 is 0 Å². The van der Waals surface area contributed by atoms with Crippen molar-refractivity contribution in [3.8, 4) is 0 Å². The van der Waals surface area contributed by atoms with E-state index in [9.17, 15) is 0 Å². The summed E-state index contributed by atoms with van der Waals surface area (Å²) < 4.78 is 0. The quantitative estimate of drug-likeness (QED) is 0.883. The van der Waals surface area contributed by atoms with Crippen molar-refractivity contribution in [3.63, 3.8) is 0 Å². The van der Waals surface area contributed by atoms with Crippen LogP contribution in [0.15, 0.2) is 48.7 Å². The van der Waals surface area contributed by atoms with E-state index in [1.54, 1.807) is 0 Å². The van der Waals surface area contributed by atoms with Gasteiger partial charge in [-0.1, -0.05) is 43.7 Å². The Balaban J connectivity index is 1.99. The van der Waals surface area contributed by atoms with Crippen LogP contribution in [-0.2, 0) is 0 Å². The molecule has 20 heavy (non-hydrogen) atoms. The molecule has 0 aliphatic heterocycles. The van der Waals surface area contributed by atoms with E-state index in [0.717, 1.165) is 18.2 Å². The smallest absolute Gasteiger partial charge is 0.0754 e. The van der Waals surface area contributed by atoms with Gasteiger partial charge in [0.1, 0.15) is 0 Å². The van der Waals surface area contributed by atoms with Crippen molar-refractivity contribution in [2.45, 2.75) is 38.1 Å². The van der Waals surface area contributed by atoms with Crippen LogP contribution in [0, 0.1) is 0 Å². The van der Waals surface area contributed by atoms with Gasteiger partial charge in [-0.2, -0.15) is 0 Å². The van der Waals surface area contributed by atoms with Gasteiger partial charge in [0, 0.05) is 6.20 Å². The molecule has 0 bridgehead atoms. The van der Waals surface area contributed by atoms with Crippen LogP contribution in [0.2, 0.25) is 0 Å². The maximum absolute atomic E-state index is 4.56. The molecule has 1 N–H and O–H groups in total. The van der Waals surface area contributed by atoms with Gasteiger partial charge in [0.05, 0.1) is 11.7 Å². The monoisotopic (exact) mass is 266 g/mol. The van der Waals surface area contributed by atoms with Crippen molar-refractivity contribution in [1.29, 1.82) is 0 Å². The van der Waals surface area contributed by atoms with Crippen LogP contribution < -0.4 is 5.32 Å². The first-order valence-corrected chi connectivity index (χ1v) is 7.63. The lowest BCUT2D eigenvalue weighted by Crippen LogP contribution is -2.25. The fourth-order valence-electron chi connectivity index (χ4n) is 2.99. The third kappa shape index (κ3) is 2.61. The normalized spacial score (nSPS) is 16.6. The first-order chi connectivity index (χ1) is 9.90. The molecule has 1 aliphatic carbocycles. The minimum Gasteiger partial charge on any atom is -0.305 e. The highest BCUT2D eigenvalue weighted by atomic mass is 14.9. The van der Waals surface area contributed by atoms with Gasteiger partial charge in [0.15, 0.2) is 0 Å². The van der Waals surface area contributed by atoms with Gasteiger partial charge in [-0.25, -0.2) is 0 Å². The van der Waals surface area contributed by atoms with E-state index in [-0.39, 0.29) is 6.04 Å². The molecule has 2 nitrogen and oxygen atoms in total. The Morgan fingerprint density at radius 3 is 2.60 bits per heavy atom. The van der Waals surface area contributed by atoms with E-state index >= 15 is 0 Å². The number of nitrogens with one attached hydrogen (secondary N) is 1. The predicted molar refractivity (Wildman–Crippen MR) is 82.8 cm³/mol. The number of aromatic nitrogens is 1. The van der Waals surface area contributed by atoms with E-state index < -0.39 is 0 Å². The fourth-order valence-corrected chi connectivity index (χ4v) is 2.99. The van der Waals surface area contributed by atoms with Gasteiger partial charge >= 0.3 is 0 Å². The molecule has 1 aromatic heterocycles. The number of nitrogens with zero attached hydrogens (tertiary/aromatic N) is 1. The van der Waals surface area contributed by atoms with E-state index in [2.05, 4.69) is 53.6 Å². The van der Waals surface area contributed by atoms with Crippen LogP contribution in [0.1, 0.15) is 55.0 Å². The molecule has 1 atom stereocenters. The Labute approximate surface area is 121 Å². The van der Waals surface area contributed by atoms with Gasteiger partial charge in [0.2, 0.25) is 0 Å². The Hall–Kier alpha value is -1.67. The Morgan fingerprint density at radius 2 is 1.95 bits per heavy atom. The van der Waals surface area contributed by atoms with Crippen molar-refractivity contribution in [1.82, 2.24) is 10.3 Å². The van der Waals surface area contributed by atoms with Gasteiger partial charge in [-0.3, -0.25) is 4.98 Å². The van der Waals surface area contributed by atoms with Crippen molar-refractivity contribution in [2.75, 3.05) is 6.54 Å². The van der Waals surface area contributed by atoms with E-state index in [1.807, 2.05) is 12.3 Å². The molecule has 1 heterocycles. The SMILES string of the molecule is CCNC(c1ccccn1)c1ccccc1C1CCC1. The van der Waals surface area contributed by atoms with Crippen molar-refractivity contribution in [2.24, 2.45) is 0 Å². The van der Waals surface area contributed by atoms with Gasteiger partial charge in [-0.15, -0.1) is 0 Å². The van der Waals surface area contributed by atoms with Crippen LogP contribution >= 0.6 is 0 Å². The molecule has 0 spiro atoms. The van der Waals surface area contributed by atoms with Crippen molar-refractivity contribution < 1.29 is 0 Å². The molecule has 1 saturated carbocycles. The summed E-state index contributed by atoms with van der Waals surface area (Å²) in [5.74, 6) is 0.746.